The van der Waals surface area contributed by atoms with Crippen molar-refractivity contribution in [1.82, 2.24) is 5.32 Å². The molecule has 4 nitrogen and oxygen atoms in total. The van der Waals surface area contributed by atoms with Crippen molar-refractivity contribution in [3.8, 4) is 0 Å². The predicted molar refractivity (Wildman–Crippen MR) is 81.0 cm³/mol. The summed E-state index contributed by atoms with van der Waals surface area (Å²) in [5.74, 6) is 1.71. The minimum atomic E-state index is -0.811. The lowest BCUT2D eigenvalue weighted by molar-refractivity contribution is 0.111. The summed E-state index contributed by atoms with van der Waals surface area (Å²) in [4.78, 5) is 11.6. The molecule has 112 valence electrons. The van der Waals surface area contributed by atoms with Crippen LogP contribution in [0.3, 0.4) is 0 Å². The Balaban J connectivity index is 1.69. The molecule has 2 aliphatic rings. The molecule has 1 amide bonds. The molecule has 3 atom stereocenters. The predicted octanol–water partition coefficient (Wildman–Crippen LogP) is 2.54. The summed E-state index contributed by atoms with van der Waals surface area (Å²) in [5.41, 5.74) is 2.50. The first-order valence-electron chi connectivity index (χ1n) is 7.17. The number of alkyl carbamates (subject to hydrolysis) is 1. The number of nitrogens with one attached hydrogen (secondary N) is 1. The van der Waals surface area contributed by atoms with Crippen LogP contribution in [0, 0.1) is 5.92 Å². The van der Waals surface area contributed by atoms with E-state index in [2.05, 4.69) is 24.9 Å². The van der Waals surface area contributed by atoms with Gasteiger partial charge in [-0.2, -0.15) is 0 Å². The smallest absolute Gasteiger partial charge is 0.407 e. The van der Waals surface area contributed by atoms with Crippen molar-refractivity contribution in [2.45, 2.75) is 38.7 Å². The normalized spacial score (nSPS) is 29.6. The summed E-state index contributed by atoms with van der Waals surface area (Å²) in [6.45, 7) is 6.62. The molecule has 0 radical (unpaired) electrons. The van der Waals surface area contributed by atoms with Crippen molar-refractivity contribution >= 4 is 16.9 Å². The van der Waals surface area contributed by atoms with E-state index >= 15 is 0 Å². The summed E-state index contributed by atoms with van der Waals surface area (Å²) >= 11 is 0. The van der Waals surface area contributed by atoms with E-state index in [0.29, 0.717) is 30.4 Å². The van der Waals surface area contributed by atoms with Crippen LogP contribution >= 0.6 is 0 Å². The number of allylic oxidation sites excluding steroid dienone is 2. The van der Waals surface area contributed by atoms with E-state index in [-0.39, 0.29) is 6.10 Å². The zero-order chi connectivity index (χ0) is 14.5. The lowest BCUT2D eigenvalue weighted by Gasteiger charge is -2.22. The number of carbonyl (C=O) groups is 1. The fourth-order valence-electron chi connectivity index (χ4n) is 2.61. The van der Waals surface area contributed by atoms with Crippen LogP contribution in [-0.4, -0.2) is 34.5 Å². The summed E-state index contributed by atoms with van der Waals surface area (Å²) in [7, 11) is -0.811. The second-order valence-electron chi connectivity index (χ2n) is 5.66. The van der Waals surface area contributed by atoms with E-state index in [4.69, 9.17) is 4.74 Å². The molecule has 3 unspecified atom stereocenters. The van der Waals surface area contributed by atoms with E-state index in [1.807, 2.05) is 0 Å². The lowest BCUT2D eigenvalue weighted by atomic mass is 9.85. The topological polar surface area (TPSA) is 55.4 Å². The Labute approximate surface area is 123 Å². The fraction of sp³-hybridized carbons (Fsp3) is 0.667. The summed E-state index contributed by atoms with van der Waals surface area (Å²) < 4.78 is 16.5. The fourth-order valence-corrected chi connectivity index (χ4v) is 3.95. The van der Waals surface area contributed by atoms with Crippen molar-refractivity contribution in [2.75, 3.05) is 18.1 Å². The third-order valence-corrected chi connectivity index (χ3v) is 5.41. The van der Waals surface area contributed by atoms with Crippen LogP contribution in [-0.2, 0) is 15.5 Å². The molecule has 0 saturated carbocycles. The molecule has 20 heavy (non-hydrogen) atoms. The summed E-state index contributed by atoms with van der Waals surface area (Å²) in [6, 6.07) is 0. The van der Waals surface area contributed by atoms with Gasteiger partial charge in [0, 0.05) is 23.1 Å². The molecular formula is C15H23NO3S. The number of hydrogen-bond acceptors (Lipinski definition) is 3. The number of amides is 1. The summed E-state index contributed by atoms with van der Waals surface area (Å²) in [6.07, 6.45) is 5.48. The highest BCUT2D eigenvalue weighted by atomic mass is 32.2. The minimum absolute atomic E-state index is 0.177. The molecule has 1 aliphatic carbocycles. The van der Waals surface area contributed by atoms with E-state index < -0.39 is 16.9 Å². The van der Waals surface area contributed by atoms with E-state index in [0.717, 1.165) is 19.3 Å². The SMILES string of the molecule is C=C(C)C1CC=C(CNC(=O)OC2CCS(=O)C2)CC1. The Morgan fingerprint density at radius 2 is 2.35 bits per heavy atom. The van der Waals surface area contributed by atoms with Gasteiger partial charge in [0.1, 0.15) is 6.10 Å². The van der Waals surface area contributed by atoms with Crippen LogP contribution in [0.4, 0.5) is 4.79 Å². The van der Waals surface area contributed by atoms with Crippen molar-refractivity contribution in [1.29, 1.82) is 0 Å². The van der Waals surface area contributed by atoms with Crippen molar-refractivity contribution < 1.29 is 13.7 Å². The van der Waals surface area contributed by atoms with Gasteiger partial charge in [0.25, 0.3) is 0 Å². The lowest BCUT2D eigenvalue weighted by Crippen LogP contribution is -2.31. The van der Waals surface area contributed by atoms with Gasteiger partial charge in [-0.1, -0.05) is 23.8 Å². The molecule has 0 spiro atoms. The third-order valence-electron chi connectivity index (χ3n) is 3.97. The number of carbonyl (C=O) groups excluding carboxylic acids is 1. The molecule has 1 aliphatic heterocycles. The zero-order valence-corrected chi connectivity index (χ0v) is 12.8. The highest BCUT2D eigenvalue weighted by Gasteiger charge is 2.24. The first-order valence-corrected chi connectivity index (χ1v) is 8.66. The first-order chi connectivity index (χ1) is 9.54. The maximum Gasteiger partial charge on any atom is 0.407 e. The van der Waals surface area contributed by atoms with Gasteiger partial charge in [0.05, 0.1) is 5.75 Å². The molecule has 0 aromatic carbocycles. The van der Waals surface area contributed by atoms with Gasteiger partial charge in [-0.05, 0) is 38.5 Å². The van der Waals surface area contributed by atoms with Crippen LogP contribution in [0.2, 0.25) is 0 Å². The second-order valence-corrected chi connectivity index (χ2v) is 7.28. The molecule has 5 heteroatoms. The standard InChI is InChI=1S/C15H23NO3S/c1-11(2)13-5-3-12(4-6-13)9-16-15(17)19-14-7-8-20(18)10-14/h3,13-14H,1,4-10H2,2H3,(H,16,17). The molecule has 0 bridgehead atoms. The van der Waals surface area contributed by atoms with E-state index in [1.165, 1.54) is 11.1 Å². The van der Waals surface area contributed by atoms with E-state index in [1.54, 1.807) is 0 Å². The van der Waals surface area contributed by atoms with E-state index in [9.17, 15) is 9.00 Å². The van der Waals surface area contributed by atoms with Crippen LogP contribution in [0.25, 0.3) is 0 Å². The van der Waals surface area contributed by atoms with Gasteiger partial charge in [0.15, 0.2) is 0 Å². The largest absolute Gasteiger partial charge is 0.445 e. The van der Waals surface area contributed by atoms with Gasteiger partial charge in [-0.15, -0.1) is 0 Å². The monoisotopic (exact) mass is 297 g/mol. The average Bonchev–Trinajstić information content (AvgIpc) is 2.82. The molecular weight excluding hydrogens is 274 g/mol. The van der Waals surface area contributed by atoms with Crippen molar-refractivity contribution in [3.05, 3.63) is 23.8 Å². The zero-order valence-electron chi connectivity index (χ0n) is 12.0. The maximum atomic E-state index is 11.6. The Morgan fingerprint density at radius 1 is 1.55 bits per heavy atom. The van der Waals surface area contributed by atoms with Crippen LogP contribution in [0.15, 0.2) is 23.8 Å². The second kappa shape index (κ2) is 7.07. The molecule has 1 heterocycles. The molecule has 1 fully saturated rings. The number of ether oxygens (including phenoxy) is 1. The molecule has 0 aromatic rings. The highest BCUT2D eigenvalue weighted by Crippen LogP contribution is 2.27. The van der Waals surface area contributed by atoms with Gasteiger partial charge in [0.2, 0.25) is 0 Å². The highest BCUT2D eigenvalue weighted by molar-refractivity contribution is 7.85. The summed E-state index contributed by atoms with van der Waals surface area (Å²) in [5, 5.41) is 2.79. The maximum absolute atomic E-state index is 11.6. The Hall–Kier alpha value is -1.10. The Kier molecular flexibility index (Phi) is 5.40. The molecule has 1 saturated heterocycles. The first kappa shape index (κ1) is 15.3. The van der Waals surface area contributed by atoms with Gasteiger partial charge in [-0.25, -0.2) is 4.79 Å². The van der Waals surface area contributed by atoms with Crippen molar-refractivity contribution in [3.63, 3.8) is 0 Å². The van der Waals surface area contributed by atoms with Gasteiger partial charge in [-0.3, -0.25) is 4.21 Å². The average molecular weight is 297 g/mol. The molecule has 2 rings (SSSR count). The Morgan fingerprint density at radius 3 is 2.90 bits per heavy atom. The number of rotatable bonds is 4. The van der Waals surface area contributed by atoms with Crippen LogP contribution < -0.4 is 5.32 Å². The van der Waals surface area contributed by atoms with Crippen LogP contribution in [0.1, 0.15) is 32.6 Å². The number of hydrogen-bond donors (Lipinski definition) is 1. The third kappa shape index (κ3) is 4.47. The quantitative estimate of drug-likeness (QED) is 0.811. The van der Waals surface area contributed by atoms with Gasteiger partial charge >= 0.3 is 6.09 Å². The molecule has 0 aromatic heterocycles. The molecule has 1 N–H and O–H groups in total. The van der Waals surface area contributed by atoms with Crippen LogP contribution in [0.5, 0.6) is 0 Å². The Bertz CT molecular complexity index is 444. The van der Waals surface area contributed by atoms with Gasteiger partial charge < -0.3 is 10.1 Å². The minimum Gasteiger partial charge on any atom is -0.445 e. The van der Waals surface area contributed by atoms with Crippen molar-refractivity contribution in [2.24, 2.45) is 5.92 Å².